The van der Waals surface area contributed by atoms with E-state index in [-0.39, 0.29) is 11.3 Å². The molecule has 0 aliphatic heterocycles. The average Bonchev–Trinajstić information content (AvgIpc) is 3.05. The summed E-state index contributed by atoms with van der Waals surface area (Å²) in [4.78, 5) is 11.5. The highest BCUT2D eigenvalue weighted by molar-refractivity contribution is 6.31. The van der Waals surface area contributed by atoms with Gasteiger partial charge in [0.15, 0.2) is 0 Å². The van der Waals surface area contributed by atoms with Gasteiger partial charge in [-0.2, -0.15) is 0 Å². The number of carboxylic acids is 1. The zero-order chi connectivity index (χ0) is 19.7. The van der Waals surface area contributed by atoms with Crippen molar-refractivity contribution in [2.24, 2.45) is 0 Å². The van der Waals surface area contributed by atoms with Gasteiger partial charge in [0.2, 0.25) is 0 Å². The van der Waals surface area contributed by atoms with Gasteiger partial charge >= 0.3 is 5.97 Å². The van der Waals surface area contributed by atoms with Gasteiger partial charge in [-0.1, -0.05) is 23.7 Å². The Kier molecular flexibility index (Phi) is 4.67. The third-order valence-electron chi connectivity index (χ3n) is 4.53. The van der Waals surface area contributed by atoms with E-state index < -0.39 is 5.97 Å². The Bertz CT molecular complexity index is 1180. The lowest BCUT2D eigenvalue weighted by atomic mass is 10.1. The number of fused-ring (bicyclic) bond motifs is 1. The number of hydrogen-bond acceptors (Lipinski definition) is 3. The summed E-state index contributed by atoms with van der Waals surface area (Å²) in [6.45, 7) is 0.644. The third-order valence-corrected chi connectivity index (χ3v) is 4.76. The van der Waals surface area contributed by atoms with Crippen LogP contribution in [0, 0.1) is 0 Å². The molecule has 6 heteroatoms. The molecule has 4 aromatic rings. The summed E-state index contributed by atoms with van der Waals surface area (Å²) in [6, 6.07) is 19.8. The molecule has 1 aromatic heterocycles. The molecule has 0 aliphatic carbocycles. The van der Waals surface area contributed by atoms with Crippen LogP contribution in [-0.2, 0) is 6.54 Å². The molecular weight excluding hydrogens is 376 g/mol. The first kappa shape index (κ1) is 17.9. The molecule has 0 aliphatic rings. The predicted molar refractivity (Wildman–Crippen MR) is 111 cm³/mol. The first-order chi connectivity index (χ1) is 13.5. The molecule has 0 amide bonds. The second-order valence-electron chi connectivity index (χ2n) is 6.51. The van der Waals surface area contributed by atoms with Gasteiger partial charge in [-0.15, -0.1) is 0 Å². The van der Waals surface area contributed by atoms with E-state index in [9.17, 15) is 15.0 Å². The third kappa shape index (κ3) is 3.66. The van der Waals surface area contributed by atoms with Crippen LogP contribution in [-0.4, -0.2) is 20.7 Å². The number of aromatic hydroxyl groups is 1. The fraction of sp³-hybridized carbons (Fsp3) is 0.0455. The average molecular weight is 393 g/mol. The van der Waals surface area contributed by atoms with Crippen molar-refractivity contribution in [3.05, 3.63) is 89.1 Å². The number of rotatable bonds is 5. The molecule has 0 bridgehead atoms. The van der Waals surface area contributed by atoms with E-state index in [0.717, 1.165) is 22.2 Å². The highest BCUT2D eigenvalue weighted by Crippen LogP contribution is 2.27. The maximum absolute atomic E-state index is 11.5. The Balaban J connectivity index is 1.62. The fourth-order valence-electron chi connectivity index (χ4n) is 3.23. The van der Waals surface area contributed by atoms with Crippen LogP contribution in [0.1, 0.15) is 15.9 Å². The number of aromatic carboxylic acids is 1. The second kappa shape index (κ2) is 7.29. The van der Waals surface area contributed by atoms with Crippen LogP contribution in [0.2, 0.25) is 5.02 Å². The van der Waals surface area contributed by atoms with E-state index in [0.29, 0.717) is 17.3 Å². The first-order valence-electron chi connectivity index (χ1n) is 8.66. The lowest BCUT2D eigenvalue weighted by molar-refractivity contribution is 0.0698. The zero-order valence-electron chi connectivity index (χ0n) is 14.8. The van der Waals surface area contributed by atoms with Crippen molar-refractivity contribution in [1.29, 1.82) is 0 Å². The van der Waals surface area contributed by atoms with E-state index >= 15 is 0 Å². The molecule has 0 saturated carbocycles. The van der Waals surface area contributed by atoms with E-state index in [2.05, 4.69) is 9.88 Å². The number of aromatic nitrogens is 1. The molecule has 4 rings (SSSR count). The summed E-state index contributed by atoms with van der Waals surface area (Å²) < 4.78 is 2.10. The van der Waals surface area contributed by atoms with Crippen LogP contribution >= 0.6 is 11.6 Å². The largest absolute Gasteiger partial charge is 0.508 e. The van der Waals surface area contributed by atoms with Crippen molar-refractivity contribution >= 4 is 39.8 Å². The minimum Gasteiger partial charge on any atom is -0.508 e. The molecule has 140 valence electrons. The summed E-state index contributed by atoms with van der Waals surface area (Å²) in [5, 5.41) is 23.6. The standard InChI is InChI=1S/C22H17ClN2O3/c23-16-4-6-20(19(12-16)22(27)28)24-17-5-7-21-15(11-17)8-9-25(21)13-14-2-1-3-18(26)10-14/h1-12,24,26H,13H2,(H,27,28). The number of carbonyl (C=O) groups is 1. The Hall–Kier alpha value is -3.44. The van der Waals surface area contributed by atoms with E-state index in [1.807, 2.05) is 42.6 Å². The van der Waals surface area contributed by atoms with Gasteiger partial charge in [0.25, 0.3) is 0 Å². The second-order valence-corrected chi connectivity index (χ2v) is 6.94. The fourth-order valence-corrected chi connectivity index (χ4v) is 3.40. The minimum atomic E-state index is -1.04. The van der Waals surface area contributed by atoms with Gasteiger partial charge in [-0.3, -0.25) is 0 Å². The lowest BCUT2D eigenvalue weighted by Crippen LogP contribution is -2.02. The Morgan fingerprint density at radius 3 is 2.68 bits per heavy atom. The molecule has 0 unspecified atom stereocenters. The van der Waals surface area contributed by atoms with Crippen molar-refractivity contribution in [2.45, 2.75) is 6.54 Å². The number of nitrogens with zero attached hydrogens (tertiary/aromatic N) is 1. The van der Waals surface area contributed by atoms with Crippen molar-refractivity contribution in [1.82, 2.24) is 4.57 Å². The van der Waals surface area contributed by atoms with E-state index in [1.165, 1.54) is 6.07 Å². The molecule has 0 spiro atoms. The van der Waals surface area contributed by atoms with Crippen LogP contribution in [0.3, 0.4) is 0 Å². The van der Waals surface area contributed by atoms with Crippen LogP contribution in [0.25, 0.3) is 10.9 Å². The lowest BCUT2D eigenvalue weighted by Gasteiger charge is -2.11. The number of carboxylic acid groups (broad SMARTS) is 1. The summed E-state index contributed by atoms with van der Waals surface area (Å²) >= 11 is 5.91. The van der Waals surface area contributed by atoms with E-state index in [4.69, 9.17) is 11.6 Å². The zero-order valence-corrected chi connectivity index (χ0v) is 15.5. The maximum Gasteiger partial charge on any atom is 0.337 e. The number of phenolic OH excluding ortho intramolecular Hbond substituents is 1. The van der Waals surface area contributed by atoms with Gasteiger partial charge in [0, 0.05) is 34.4 Å². The Morgan fingerprint density at radius 1 is 1.04 bits per heavy atom. The minimum absolute atomic E-state index is 0.119. The van der Waals surface area contributed by atoms with Gasteiger partial charge in [0.05, 0.1) is 11.3 Å². The summed E-state index contributed by atoms with van der Waals surface area (Å²) in [5.41, 5.74) is 3.44. The van der Waals surface area contributed by atoms with Crippen LogP contribution in [0.15, 0.2) is 72.9 Å². The highest BCUT2D eigenvalue weighted by atomic mass is 35.5. The van der Waals surface area contributed by atoms with Crippen molar-refractivity contribution in [3.63, 3.8) is 0 Å². The number of phenols is 1. The van der Waals surface area contributed by atoms with Crippen LogP contribution in [0.4, 0.5) is 11.4 Å². The summed E-state index contributed by atoms with van der Waals surface area (Å²) in [7, 11) is 0. The maximum atomic E-state index is 11.5. The van der Waals surface area contributed by atoms with Gasteiger partial charge in [-0.05, 0) is 60.2 Å². The van der Waals surface area contributed by atoms with Gasteiger partial charge in [0.1, 0.15) is 5.75 Å². The first-order valence-corrected chi connectivity index (χ1v) is 9.04. The summed E-state index contributed by atoms with van der Waals surface area (Å²) in [5.74, 6) is -0.791. The number of hydrogen-bond donors (Lipinski definition) is 3. The van der Waals surface area contributed by atoms with Crippen LogP contribution in [0.5, 0.6) is 5.75 Å². The number of nitrogens with one attached hydrogen (secondary N) is 1. The van der Waals surface area contributed by atoms with E-state index in [1.54, 1.807) is 24.3 Å². The molecule has 28 heavy (non-hydrogen) atoms. The van der Waals surface area contributed by atoms with Gasteiger partial charge < -0.3 is 20.1 Å². The monoisotopic (exact) mass is 392 g/mol. The SMILES string of the molecule is O=C(O)c1cc(Cl)ccc1Nc1ccc2c(ccn2Cc2cccc(O)c2)c1. The van der Waals surface area contributed by atoms with Crippen molar-refractivity contribution in [2.75, 3.05) is 5.32 Å². The van der Waals surface area contributed by atoms with Crippen molar-refractivity contribution < 1.29 is 15.0 Å². The Morgan fingerprint density at radius 2 is 1.89 bits per heavy atom. The molecule has 0 atom stereocenters. The Labute approximate surface area is 166 Å². The normalized spacial score (nSPS) is 10.9. The molecule has 0 fully saturated rings. The molecular formula is C22H17ClN2O3. The highest BCUT2D eigenvalue weighted by Gasteiger charge is 2.11. The van der Waals surface area contributed by atoms with Crippen molar-refractivity contribution in [3.8, 4) is 5.75 Å². The van der Waals surface area contributed by atoms with Crippen LogP contribution < -0.4 is 5.32 Å². The molecule has 0 radical (unpaired) electrons. The van der Waals surface area contributed by atoms with Gasteiger partial charge in [-0.25, -0.2) is 4.79 Å². The summed E-state index contributed by atoms with van der Waals surface area (Å²) in [6.07, 6.45) is 1.99. The molecule has 1 heterocycles. The molecule has 5 nitrogen and oxygen atoms in total. The number of halogens is 1. The molecule has 3 aromatic carbocycles. The molecule has 3 N–H and O–H groups in total. The smallest absolute Gasteiger partial charge is 0.337 e. The number of benzene rings is 3. The predicted octanol–water partition coefficient (Wildman–Crippen LogP) is 5.49. The molecule has 0 saturated heterocycles. The number of anilines is 2. The topological polar surface area (TPSA) is 74.5 Å². The quantitative estimate of drug-likeness (QED) is 0.419.